The zero-order chi connectivity index (χ0) is 31.6. The molecule has 4 heterocycles. The summed E-state index contributed by atoms with van der Waals surface area (Å²) in [6.07, 6.45) is 2.14. The Labute approximate surface area is 276 Å². The first-order chi connectivity index (χ1) is 23.8. The van der Waals surface area contributed by atoms with Crippen LogP contribution >= 0.6 is 0 Å². The van der Waals surface area contributed by atoms with Crippen LogP contribution in [-0.2, 0) is 0 Å². The van der Waals surface area contributed by atoms with E-state index in [-0.39, 0.29) is 0 Å². The van der Waals surface area contributed by atoms with Gasteiger partial charge < -0.3 is 0 Å². The first kappa shape index (κ1) is 26.6. The van der Waals surface area contributed by atoms with Crippen LogP contribution in [0, 0.1) is 0 Å². The zero-order valence-corrected chi connectivity index (χ0v) is 25.8. The molecule has 0 aliphatic heterocycles. The van der Waals surface area contributed by atoms with Gasteiger partial charge in [0.25, 0.3) is 0 Å². The Kier molecular flexibility index (Phi) is 5.81. The maximum absolute atomic E-state index is 5.48. The molecule has 0 amide bonds. The Morgan fingerprint density at radius 2 is 1.12 bits per heavy atom. The molecule has 0 bridgehead atoms. The van der Waals surface area contributed by atoms with E-state index in [0.717, 1.165) is 82.9 Å². The minimum Gasteiger partial charge on any atom is -0.298 e. The van der Waals surface area contributed by atoms with Crippen molar-refractivity contribution in [3.05, 3.63) is 164 Å². The van der Waals surface area contributed by atoms with Gasteiger partial charge in [0.15, 0.2) is 5.65 Å². The number of pyridine rings is 1. The zero-order valence-electron chi connectivity index (χ0n) is 25.8. The highest BCUT2D eigenvalue weighted by atomic mass is 15.2. The van der Waals surface area contributed by atoms with E-state index < -0.39 is 0 Å². The molecule has 0 fully saturated rings. The average Bonchev–Trinajstić information content (AvgIpc) is 3.72. The molecule has 10 aromatic rings. The fourth-order valence-corrected chi connectivity index (χ4v) is 7.22. The second-order valence-electron chi connectivity index (χ2n) is 12.1. The summed E-state index contributed by atoms with van der Waals surface area (Å²) in [5.41, 5.74) is 11.0. The van der Waals surface area contributed by atoms with E-state index in [1.54, 1.807) is 0 Å². The fourth-order valence-electron chi connectivity index (χ4n) is 7.22. The fraction of sp³-hybridized carbons (Fsp3) is 0. The molecule has 0 atom stereocenters. The van der Waals surface area contributed by atoms with E-state index in [4.69, 9.17) is 15.0 Å². The summed E-state index contributed by atoms with van der Waals surface area (Å²) in [4.78, 5) is 16.2. The topological polar surface area (TPSA) is 48.0 Å². The van der Waals surface area contributed by atoms with Crippen molar-refractivity contribution in [2.75, 3.05) is 0 Å². The third kappa shape index (κ3) is 3.94. The van der Waals surface area contributed by atoms with Crippen molar-refractivity contribution in [3.63, 3.8) is 0 Å². The molecule has 5 heteroatoms. The number of para-hydroxylation sites is 2. The number of hydrogen-bond donors (Lipinski definition) is 0. The second-order valence-corrected chi connectivity index (χ2v) is 12.1. The van der Waals surface area contributed by atoms with Crippen LogP contribution in [0.3, 0.4) is 0 Å². The lowest BCUT2D eigenvalue weighted by Gasteiger charge is -2.15. The lowest BCUT2D eigenvalue weighted by molar-refractivity contribution is 0.990. The van der Waals surface area contributed by atoms with E-state index in [1.165, 1.54) is 0 Å². The van der Waals surface area contributed by atoms with Gasteiger partial charge in [-0.3, -0.25) is 8.97 Å². The molecule has 5 nitrogen and oxygen atoms in total. The van der Waals surface area contributed by atoms with Crippen LogP contribution in [0.2, 0.25) is 0 Å². The third-order valence-corrected chi connectivity index (χ3v) is 9.34. The van der Waals surface area contributed by atoms with Gasteiger partial charge in [-0.25, -0.2) is 15.0 Å². The van der Waals surface area contributed by atoms with Gasteiger partial charge in [-0.1, -0.05) is 133 Å². The maximum Gasteiger partial charge on any atom is 0.235 e. The van der Waals surface area contributed by atoms with E-state index in [2.05, 4.69) is 161 Å². The molecule has 0 unspecified atom stereocenters. The van der Waals surface area contributed by atoms with Gasteiger partial charge in [-0.2, -0.15) is 0 Å². The van der Waals surface area contributed by atoms with Gasteiger partial charge in [0.05, 0.1) is 27.9 Å². The summed E-state index contributed by atoms with van der Waals surface area (Å²) in [5, 5.41) is 4.34. The minimum atomic E-state index is 0.601. The Morgan fingerprint density at radius 3 is 1.92 bits per heavy atom. The molecule has 0 saturated carbocycles. The summed E-state index contributed by atoms with van der Waals surface area (Å²) in [5.74, 6) is 0.601. The summed E-state index contributed by atoms with van der Waals surface area (Å²) in [7, 11) is 0. The Bertz CT molecular complexity index is 2820. The molecular formula is C43H27N5. The summed E-state index contributed by atoms with van der Waals surface area (Å²) in [6.45, 7) is 0. The first-order valence-corrected chi connectivity index (χ1v) is 16.1. The number of hydrogen-bond acceptors (Lipinski definition) is 3. The minimum absolute atomic E-state index is 0.601. The molecule has 48 heavy (non-hydrogen) atoms. The van der Waals surface area contributed by atoms with Gasteiger partial charge in [0.1, 0.15) is 5.52 Å². The Morgan fingerprint density at radius 1 is 0.458 bits per heavy atom. The molecule has 0 aliphatic carbocycles. The SMILES string of the molecule is c1ccc(-c2nc(-n3c(-c4ccccc4)c(-c4ccccc4)c4ccn5c6ccccc6nc5c43)nc3c2ccc2ccccc23)cc1. The van der Waals surface area contributed by atoms with E-state index in [0.29, 0.717) is 5.95 Å². The highest BCUT2D eigenvalue weighted by Gasteiger charge is 2.26. The van der Waals surface area contributed by atoms with Crippen LogP contribution < -0.4 is 0 Å². The maximum atomic E-state index is 5.48. The molecule has 224 valence electrons. The number of fused-ring (bicyclic) bond motifs is 8. The molecule has 0 saturated heterocycles. The second kappa shape index (κ2) is 10.5. The smallest absolute Gasteiger partial charge is 0.235 e. The van der Waals surface area contributed by atoms with Crippen molar-refractivity contribution in [3.8, 4) is 39.6 Å². The highest BCUT2D eigenvalue weighted by Crippen LogP contribution is 2.44. The number of benzene rings is 6. The van der Waals surface area contributed by atoms with Crippen LogP contribution in [0.5, 0.6) is 0 Å². The van der Waals surface area contributed by atoms with Crippen LogP contribution in [0.1, 0.15) is 0 Å². The van der Waals surface area contributed by atoms with Crippen molar-refractivity contribution in [1.29, 1.82) is 0 Å². The van der Waals surface area contributed by atoms with Crippen molar-refractivity contribution in [2.24, 2.45) is 0 Å². The van der Waals surface area contributed by atoms with Crippen LogP contribution in [0.25, 0.3) is 88.8 Å². The summed E-state index contributed by atoms with van der Waals surface area (Å²) in [6, 6.07) is 55.0. The van der Waals surface area contributed by atoms with Crippen molar-refractivity contribution in [2.45, 2.75) is 0 Å². The van der Waals surface area contributed by atoms with Crippen molar-refractivity contribution >= 4 is 49.3 Å². The van der Waals surface area contributed by atoms with E-state index in [1.807, 2.05) is 12.1 Å². The monoisotopic (exact) mass is 613 g/mol. The molecule has 0 spiro atoms. The predicted octanol–water partition coefficient (Wildman–Crippen LogP) is 10.5. The Balaban J connectivity index is 1.45. The highest BCUT2D eigenvalue weighted by molar-refractivity contribution is 6.12. The van der Waals surface area contributed by atoms with Crippen LogP contribution in [0.15, 0.2) is 164 Å². The van der Waals surface area contributed by atoms with Gasteiger partial charge in [0.2, 0.25) is 5.95 Å². The van der Waals surface area contributed by atoms with Gasteiger partial charge >= 0.3 is 0 Å². The lowest BCUT2D eigenvalue weighted by Crippen LogP contribution is -2.06. The largest absolute Gasteiger partial charge is 0.298 e. The van der Waals surface area contributed by atoms with Gasteiger partial charge in [-0.05, 0) is 40.8 Å². The number of nitrogens with zero attached hydrogens (tertiary/aromatic N) is 5. The summed E-state index contributed by atoms with van der Waals surface area (Å²) < 4.78 is 4.44. The standard InChI is InChI=1S/C43H27N5/c1-4-15-29(16-5-1)37-33-26-27-47-36-23-13-12-22-35(36)44-42(47)41(33)48(40(37)31-19-8-3-9-20-31)43-45-38(30-17-6-2-7-18-30)34-25-24-28-14-10-11-21-32(28)39(34)46-43/h1-27H. The number of imidazole rings is 1. The lowest BCUT2D eigenvalue weighted by atomic mass is 9.99. The van der Waals surface area contributed by atoms with Crippen LogP contribution in [0.4, 0.5) is 0 Å². The normalized spacial score (nSPS) is 11.8. The van der Waals surface area contributed by atoms with E-state index >= 15 is 0 Å². The molecule has 10 rings (SSSR count). The first-order valence-electron chi connectivity index (χ1n) is 16.1. The predicted molar refractivity (Wildman–Crippen MR) is 196 cm³/mol. The number of aromatic nitrogens is 5. The number of rotatable bonds is 4. The quantitative estimate of drug-likeness (QED) is 0.186. The molecule has 0 radical (unpaired) electrons. The van der Waals surface area contributed by atoms with Gasteiger partial charge in [-0.15, -0.1) is 0 Å². The van der Waals surface area contributed by atoms with Crippen LogP contribution in [-0.4, -0.2) is 23.9 Å². The molecule has 0 aliphatic rings. The average molecular weight is 614 g/mol. The summed E-state index contributed by atoms with van der Waals surface area (Å²) >= 11 is 0. The van der Waals surface area contributed by atoms with Gasteiger partial charge in [0, 0.05) is 33.5 Å². The molecular weight excluding hydrogens is 587 g/mol. The third-order valence-electron chi connectivity index (χ3n) is 9.34. The molecule has 6 aromatic carbocycles. The molecule has 4 aromatic heterocycles. The van der Waals surface area contributed by atoms with Crippen molar-refractivity contribution in [1.82, 2.24) is 23.9 Å². The van der Waals surface area contributed by atoms with Crippen molar-refractivity contribution < 1.29 is 0 Å². The Hall–Kier alpha value is -6.59. The van der Waals surface area contributed by atoms with E-state index in [9.17, 15) is 0 Å². The molecule has 0 N–H and O–H groups in total.